The Morgan fingerprint density at radius 1 is 1.19 bits per heavy atom. The Hall–Kier alpha value is -3.53. The van der Waals surface area contributed by atoms with Crippen molar-refractivity contribution in [3.05, 3.63) is 36.1 Å². The van der Waals surface area contributed by atoms with Gasteiger partial charge in [0.05, 0.1) is 45.8 Å². The number of rotatable bonds is 6. The van der Waals surface area contributed by atoms with Crippen LogP contribution in [0.1, 0.15) is 5.76 Å². The number of nitrogens with one attached hydrogen (secondary N) is 1. The molecule has 1 spiro atoms. The van der Waals surface area contributed by atoms with Gasteiger partial charge in [0.1, 0.15) is 11.4 Å². The van der Waals surface area contributed by atoms with Crippen molar-refractivity contribution in [3.8, 4) is 17.2 Å². The molecule has 1 N–H and O–H groups in total. The van der Waals surface area contributed by atoms with Crippen molar-refractivity contribution in [1.82, 2.24) is 5.16 Å². The fraction of sp³-hybridized carbons (Fsp3) is 0.409. The van der Waals surface area contributed by atoms with Crippen molar-refractivity contribution in [2.75, 3.05) is 38.1 Å². The van der Waals surface area contributed by atoms with Crippen LogP contribution < -0.4 is 24.4 Å². The predicted molar refractivity (Wildman–Crippen MR) is 112 cm³/mol. The van der Waals surface area contributed by atoms with Gasteiger partial charge >= 0.3 is 0 Å². The minimum Gasteiger partial charge on any atom is -0.493 e. The maximum absolute atomic E-state index is 13.3. The maximum atomic E-state index is 13.3. The highest BCUT2D eigenvalue weighted by molar-refractivity contribution is 6.05. The third kappa shape index (κ3) is 2.86. The van der Waals surface area contributed by atoms with Crippen LogP contribution >= 0.6 is 0 Å². The lowest BCUT2D eigenvalue weighted by molar-refractivity contribution is -0.128. The number of amides is 2. The minimum atomic E-state index is -0.855. The summed E-state index contributed by atoms with van der Waals surface area (Å²) in [5.74, 6) is 0.366. The molecule has 4 atom stereocenters. The number of hydrogen-bond acceptors (Lipinski definition) is 8. The van der Waals surface area contributed by atoms with E-state index in [1.807, 2.05) is 12.2 Å². The number of hydrogen-bond donors (Lipinski definition) is 1. The van der Waals surface area contributed by atoms with Crippen LogP contribution in [0.2, 0.25) is 0 Å². The third-order valence-corrected chi connectivity index (χ3v) is 6.23. The van der Waals surface area contributed by atoms with E-state index in [4.69, 9.17) is 23.5 Å². The summed E-state index contributed by atoms with van der Waals surface area (Å²) in [4.78, 5) is 28.2. The van der Waals surface area contributed by atoms with Gasteiger partial charge in [-0.1, -0.05) is 17.3 Å². The Kier molecular flexibility index (Phi) is 4.63. The first-order chi connectivity index (χ1) is 15.4. The van der Waals surface area contributed by atoms with Crippen LogP contribution in [0.4, 0.5) is 11.5 Å². The van der Waals surface area contributed by atoms with Gasteiger partial charge in [-0.15, -0.1) is 0 Å². The van der Waals surface area contributed by atoms with Crippen molar-refractivity contribution >= 4 is 23.3 Å². The summed E-state index contributed by atoms with van der Waals surface area (Å²) in [7, 11) is 4.50. The molecule has 2 amide bonds. The van der Waals surface area contributed by atoms with E-state index in [0.29, 0.717) is 34.5 Å². The SMILES string of the molecule is COc1cc(NC(=O)[C@H]2[C@H]3C=C[C@]4(CN(c5cc(C)on5)C(=O)[C@@H]24)O3)cc(OC)c1OC. The molecule has 2 saturated heterocycles. The number of carbonyl (C=O) groups is 2. The second-order valence-electron chi connectivity index (χ2n) is 8.02. The number of ether oxygens (including phenoxy) is 4. The van der Waals surface area contributed by atoms with Crippen LogP contribution in [0, 0.1) is 18.8 Å². The molecule has 3 aliphatic heterocycles. The number of carbonyl (C=O) groups excluding carboxylic acids is 2. The summed E-state index contributed by atoms with van der Waals surface area (Å²) in [6, 6.07) is 4.97. The molecule has 5 rings (SSSR count). The molecule has 1 aromatic carbocycles. The van der Waals surface area contributed by atoms with Gasteiger partial charge < -0.3 is 28.8 Å². The molecule has 2 fully saturated rings. The van der Waals surface area contributed by atoms with E-state index in [9.17, 15) is 9.59 Å². The molecule has 10 nitrogen and oxygen atoms in total. The van der Waals surface area contributed by atoms with Crippen molar-refractivity contribution in [2.24, 2.45) is 11.8 Å². The van der Waals surface area contributed by atoms with E-state index in [1.165, 1.54) is 26.2 Å². The molecular formula is C22H23N3O7. The third-order valence-electron chi connectivity index (χ3n) is 6.23. The van der Waals surface area contributed by atoms with Crippen LogP contribution in [0.15, 0.2) is 34.9 Å². The Morgan fingerprint density at radius 3 is 2.50 bits per heavy atom. The van der Waals surface area contributed by atoms with Crippen molar-refractivity contribution in [3.63, 3.8) is 0 Å². The molecule has 0 aliphatic carbocycles. The fourth-order valence-electron chi connectivity index (χ4n) is 4.85. The van der Waals surface area contributed by atoms with E-state index in [-0.39, 0.29) is 18.4 Å². The molecule has 2 aromatic rings. The first-order valence-electron chi connectivity index (χ1n) is 10.1. The summed E-state index contributed by atoms with van der Waals surface area (Å²) < 4.78 is 27.3. The van der Waals surface area contributed by atoms with Crippen molar-refractivity contribution in [1.29, 1.82) is 0 Å². The zero-order valence-electron chi connectivity index (χ0n) is 18.1. The number of aryl methyl sites for hydroxylation is 1. The summed E-state index contributed by atoms with van der Waals surface area (Å²) in [5, 5.41) is 6.84. The minimum absolute atomic E-state index is 0.213. The maximum Gasteiger partial charge on any atom is 0.235 e. The van der Waals surface area contributed by atoms with Crippen LogP contribution in [0.5, 0.6) is 17.2 Å². The van der Waals surface area contributed by atoms with Gasteiger partial charge in [0.25, 0.3) is 0 Å². The Morgan fingerprint density at radius 2 is 1.91 bits per heavy atom. The second kappa shape index (κ2) is 7.27. The van der Waals surface area contributed by atoms with Crippen molar-refractivity contribution in [2.45, 2.75) is 18.6 Å². The molecule has 168 valence electrons. The monoisotopic (exact) mass is 441 g/mol. The Balaban J connectivity index is 1.43. The van der Waals surface area contributed by atoms with Crippen LogP contribution in [-0.2, 0) is 14.3 Å². The van der Waals surface area contributed by atoms with Gasteiger partial charge in [0.15, 0.2) is 17.3 Å². The number of aromatic nitrogens is 1. The normalized spacial score (nSPS) is 27.6. The number of methoxy groups -OCH3 is 3. The van der Waals surface area contributed by atoms with E-state index in [0.717, 1.165) is 0 Å². The first kappa shape index (κ1) is 20.4. The van der Waals surface area contributed by atoms with Crippen LogP contribution in [-0.4, -0.2) is 56.6 Å². The molecule has 3 aliphatic rings. The lowest BCUT2D eigenvalue weighted by atomic mass is 9.77. The molecule has 32 heavy (non-hydrogen) atoms. The molecule has 0 saturated carbocycles. The van der Waals surface area contributed by atoms with Gasteiger partial charge in [-0.25, -0.2) is 0 Å². The highest BCUT2D eigenvalue weighted by atomic mass is 16.5. The van der Waals surface area contributed by atoms with Crippen molar-refractivity contribution < 1.29 is 33.1 Å². The first-order valence-corrected chi connectivity index (χ1v) is 10.1. The van der Waals surface area contributed by atoms with Gasteiger partial charge in [-0.05, 0) is 6.92 Å². The van der Waals surface area contributed by atoms with Gasteiger partial charge in [0.2, 0.25) is 17.6 Å². The average Bonchev–Trinajstić information content (AvgIpc) is 3.53. The lowest BCUT2D eigenvalue weighted by Crippen LogP contribution is -2.41. The Bertz CT molecular complexity index is 1100. The van der Waals surface area contributed by atoms with Crippen LogP contribution in [0.25, 0.3) is 0 Å². The van der Waals surface area contributed by atoms with E-state index in [2.05, 4.69) is 10.5 Å². The standard InChI is InChI=1S/C22H23N3O7/c1-11-7-16(24-32-11)25-10-22-6-5-13(31-22)17(18(22)21(25)27)20(26)23-12-8-14(28-2)19(30-4)15(9-12)29-3/h5-9,13,17-18H,10H2,1-4H3,(H,23,26)/t13-,17+,18-,22-/m1/s1. The van der Waals surface area contributed by atoms with Gasteiger partial charge in [-0.3, -0.25) is 14.5 Å². The topological polar surface area (TPSA) is 112 Å². The zero-order chi connectivity index (χ0) is 22.6. The average molecular weight is 441 g/mol. The second-order valence-corrected chi connectivity index (χ2v) is 8.02. The molecule has 4 heterocycles. The molecule has 1 aromatic heterocycles. The molecule has 0 radical (unpaired) electrons. The number of anilines is 2. The smallest absolute Gasteiger partial charge is 0.235 e. The highest BCUT2D eigenvalue weighted by Crippen LogP contribution is 2.53. The number of fused-ring (bicyclic) bond motifs is 1. The summed E-state index contributed by atoms with van der Waals surface area (Å²) in [6.45, 7) is 2.04. The lowest BCUT2D eigenvalue weighted by Gasteiger charge is -2.23. The number of benzene rings is 1. The fourth-order valence-corrected chi connectivity index (χ4v) is 4.85. The van der Waals surface area contributed by atoms with E-state index < -0.39 is 23.5 Å². The summed E-state index contributed by atoms with van der Waals surface area (Å²) in [6.07, 6.45) is 3.25. The van der Waals surface area contributed by atoms with E-state index >= 15 is 0 Å². The molecular weight excluding hydrogens is 418 g/mol. The number of nitrogens with zero attached hydrogens (tertiary/aromatic N) is 2. The van der Waals surface area contributed by atoms with Crippen LogP contribution in [0.3, 0.4) is 0 Å². The highest BCUT2D eigenvalue weighted by Gasteiger charge is 2.67. The largest absolute Gasteiger partial charge is 0.493 e. The molecule has 0 unspecified atom stereocenters. The predicted octanol–water partition coefficient (Wildman–Crippen LogP) is 1.93. The summed E-state index contributed by atoms with van der Waals surface area (Å²) >= 11 is 0. The van der Waals surface area contributed by atoms with Gasteiger partial charge in [-0.2, -0.15) is 0 Å². The summed E-state index contributed by atoms with van der Waals surface area (Å²) in [5.41, 5.74) is -0.397. The zero-order valence-corrected chi connectivity index (χ0v) is 18.1. The Labute approximate surface area is 184 Å². The molecule has 10 heteroatoms. The van der Waals surface area contributed by atoms with Gasteiger partial charge in [0, 0.05) is 23.9 Å². The molecule has 2 bridgehead atoms. The quantitative estimate of drug-likeness (QED) is 0.677. The van der Waals surface area contributed by atoms with E-state index in [1.54, 1.807) is 25.1 Å².